The number of aldehydes is 1. The number of carbonyl (C=O) groups is 2. The van der Waals surface area contributed by atoms with E-state index in [-0.39, 0.29) is 10.7 Å². The van der Waals surface area contributed by atoms with Crippen molar-refractivity contribution >= 4 is 37.3 Å². The second kappa shape index (κ2) is 6.65. The van der Waals surface area contributed by atoms with E-state index in [0.717, 1.165) is 16.6 Å². The van der Waals surface area contributed by atoms with Gasteiger partial charge in [-0.05, 0) is 36.3 Å². The van der Waals surface area contributed by atoms with Crippen molar-refractivity contribution < 1.29 is 19.1 Å². The number of nitrogens with one attached hydrogen (secondary N) is 1. The van der Waals surface area contributed by atoms with Gasteiger partial charge in [0, 0.05) is 23.7 Å². The van der Waals surface area contributed by atoms with Crippen LogP contribution in [-0.4, -0.2) is 30.4 Å². The number of carbonyl (C=O) groups excluding carboxylic acids is 1. The van der Waals surface area contributed by atoms with Gasteiger partial charge < -0.3 is 14.1 Å². The number of aryl methyl sites for hydroxylation is 1. The second-order valence-corrected chi connectivity index (χ2v) is 12.6. The van der Waals surface area contributed by atoms with E-state index in [0.29, 0.717) is 18.5 Å². The molecule has 2 aromatic rings. The molecule has 0 radical (unpaired) electrons. The van der Waals surface area contributed by atoms with Crippen LogP contribution in [0.3, 0.4) is 0 Å². The molecule has 2 rings (SSSR count). The van der Waals surface area contributed by atoms with E-state index in [1.807, 2.05) is 17.7 Å². The van der Waals surface area contributed by atoms with Crippen molar-refractivity contribution in [2.24, 2.45) is 7.05 Å². The molecule has 6 nitrogen and oxygen atoms in total. The van der Waals surface area contributed by atoms with Crippen molar-refractivity contribution in [3.8, 4) is 0 Å². The van der Waals surface area contributed by atoms with Crippen LogP contribution >= 0.6 is 0 Å². The third kappa shape index (κ3) is 3.93. The predicted molar refractivity (Wildman–Crippen MR) is 102 cm³/mol. The third-order valence-electron chi connectivity index (χ3n) is 5.07. The molecule has 1 aromatic heterocycles. The first-order valence-corrected chi connectivity index (χ1v) is 11.1. The Labute approximate surface area is 148 Å². The van der Waals surface area contributed by atoms with Gasteiger partial charge in [0.2, 0.25) is 0 Å². The SMILES string of the molecule is Cn1c(CO[Si](C)(C)C(C)(C)C)cc2cc(C=O)c(NC(=O)O)cc21. The lowest BCUT2D eigenvalue weighted by Gasteiger charge is -2.36. The van der Waals surface area contributed by atoms with Gasteiger partial charge in [-0.25, -0.2) is 4.79 Å². The van der Waals surface area contributed by atoms with Crippen LogP contribution in [0, 0.1) is 0 Å². The molecule has 0 aliphatic heterocycles. The average molecular weight is 363 g/mol. The van der Waals surface area contributed by atoms with Gasteiger partial charge in [0.15, 0.2) is 14.6 Å². The van der Waals surface area contributed by atoms with Crippen LogP contribution in [0.4, 0.5) is 10.5 Å². The van der Waals surface area contributed by atoms with Gasteiger partial charge in [0.25, 0.3) is 0 Å². The lowest BCUT2D eigenvalue weighted by molar-refractivity contribution is 0.112. The maximum Gasteiger partial charge on any atom is 0.409 e. The molecule has 0 unspecified atom stereocenters. The molecular weight excluding hydrogens is 336 g/mol. The van der Waals surface area contributed by atoms with Crippen LogP contribution in [0.1, 0.15) is 36.8 Å². The smallest absolute Gasteiger partial charge is 0.409 e. The zero-order valence-electron chi connectivity index (χ0n) is 15.6. The molecule has 25 heavy (non-hydrogen) atoms. The number of fused-ring (bicyclic) bond motifs is 1. The number of benzene rings is 1. The van der Waals surface area contributed by atoms with E-state index in [4.69, 9.17) is 9.53 Å². The molecule has 1 heterocycles. The average Bonchev–Trinajstić information content (AvgIpc) is 2.79. The Morgan fingerprint density at radius 3 is 2.48 bits per heavy atom. The van der Waals surface area contributed by atoms with Gasteiger partial charge in [-0.1, -0.05) is 20.8 Å². The van der Waals surface area contributed by atoms with E-state index in [9.17, 15) is 9.59 Å². The van der Waals surface area contributed by atoms with E-state index in [1.165, 1.54) is 0 Å². The fourth-order valence-electron chi connectivity index (χ4n) is 2.39. The molecule has 0 fully saturated rings. The van der Waals surface area contributed by atoms with Crippen LogP contribution in [0.2, 0.25) is 18.1 Å². The van der Waals surface area contributed by atoms with Crippen molar-refractivity contribution in [2.75, 3.05) is 5.32 Å². The molecule has 0 aliphatic carbocycles. The Morgan fingerprint density at radius 2 is 1.96 bits per heavy atom. The topological polar surface area (TPSA) is 80.6 Å². The molecule has 136 valence electrons. The fraction of sp³-hybridized carbons (Fsp3) is 0.444. The highest BCUT2D eigenvalue weighted by Gasteiger charge is 2.37. The molecule has 2 N–H and O–H groups in total. The summed E-state index contributed by atoms with van der Waals surface area (Å²) in [5.41, 5.74) is 2.44. The summed E-state index contributed by atoms with van der Waals surface area (Å²) in [7, 11) is 0.0449. The maximum absolute atomic E-state index is 11.3. The lowest BCUT2D eigenvalue weighted by Crippen LogP contribution is -2.40. The molecule has 0 aliphatic rings. The van der Waals surface area contributed by atoms with Gasteiger partial charge in [0.1, 0.15) is 0 Å². The number of rotatable bonds is 5. The first kappa shape index (κ1) is 19.2. The zero-order chi connectivity index (χ0) is 19.0. The van der Waals surface area contributed by atoms with Crippen LogP contribution in [0.15, 0.2) is 18.2 Å². The molecule has 1 amide bonds. The highest BCUT2D eigenvalue weighted by Crippen LogP contribution is 2.37. The van der Waals surface area contributed by atoms with Gasteiger partial charge in [-0.3, -0.25) is 10.1 Å². The number of nitrogens with zero attached hydrogens (tertiary/aromatic N) is 1. The van der Waals surface area contributed by atoms with Crippen molar-refractivity contribution in [1.29, 1.82) is 0 Å². The quantitative estimate of drug-likeness (QED) is 0.601. The second-order valence-electron chi connectivity index (χ2n) is 7.79. The fourth-order valence-corrected chi connectivity index (χ4v) is 3.33. The minimum atomic E-state index is -1.87. The zero-order valence-corrected chi connectivity index (χ0v) is 16.6. The highest BCUT2D eigenvalue weighted by molar-refractivity contribution is 6.74. The standard InChI is InChI=1S/C18H26N2O4Si/c1-18(2,3)25(5,6)24-11-14-8-12-7-13(10-21)15(19-17(22)23)9-16(12)20(14)4/h7-10,19H,11H2,1-6H3,(H,22,23). The molecule has 0 bridgehead atoms. The molecular formula is C18H26N2O4Si. The van der Waals surface area contributed by atoms with Gasteiger partial charge in [0.05, 0.1) is 17.8 Å². The van der Waals surface area contributed by atoms with Crippen LogP contribution in [0.5, 0.6) is 0 Å². The number of amides is 1. The van der Waals surface area contributed by atoms with E-state index < -0.39 is 14.4 Å². The number of carboxylic acid groups (broad SMARTS) is 1. The Kier molecular flexibility index (Phi) is 5.11. The predicted octanol–water partition coefficient (Wildman–Crippen LogP) is 4.60. The van der Waals surface area contributed by atoms with Crippen molar-refractivity contribution in [3.05, 3.63) is 29.5 Å². The first-order chi connectivity index (χ1) is 11.5. The van der Waals surface area contributed by atoms with E-state index in [2.05, 4.69) is 39.2 Å². The van der Waals surface area contributed by atoms with Gasteiger partial charge >= 0.3 is 6.09 Å². The molecule has 1 aromatic carbocycles. The summed E-state index contributed by atoms with van der Waals surface area (Å²) < 4.78 is 8.26. The summed E-state index contributed by atoms with van der Waals surface area (Å²) in [5.74, 6) is 0. The van der Waals surface area contributed by atoms with Crippen LogP contribution in [0.25, 0.3) is 10.9 Å². The molecule has 0 saturated carbocycles. The Morgan fingerprint density at radius 1 is 1.32 bits per heavy atom. The summed E-state index contributed by atoms with van der Waals surface area (Å²) in [6, 6.07) is 5.37. The monoisotopic (exact) mass is 362 g/mol. The Balaban J connectivity index is 2.39. The highest BCUT2D eigenvalue weighted by atomic mass is 28.4. The van der Waals surface area contributed by atoms with Gasteiger partial charge in [-0.15, -0.1) is 0 Å². The minimum Gasteiger partial charge on any atom is -0.465 e. The normalized spacial score (nSPS) is 12.4. The summed E-state index contributed by atoms with van der Waals surface area (Å²) in [5, 5.41) is 12.2. The lowest BCUT2D eigenvalue weighted by atomic mass is 10.1. The molecule has 0 spiro atoms. The van der Waals surface area contributed by atoms with Crippen LogP contribution < -0.4 is 5.32 Å². The number of anilines is 1. The minimum absolute atomic E-state index is 0.126. The molecule has 7 heteroatoms. The van der Waals surface area contributed by atoms with Crippen molar-refractivity contribution in [3.63, 3.8) is 0 Å². The van der Waals surface area contributed by atoms with Gasteiger partial charge in [-0.2, -0.15) is 0 Å². The number of hydrogen-bond acceptors (Lipinski definition) is 3. The summed E-state index contributed by atoms with van der Waals surface area (Å²) in [4.78, 5) is 22.2. The summed E-state index contributed by atoms with van der Waals surface area (Å²) in [6.45, 7) is 11.5. The summed E-state index contributed by atoms with van der Waals surface area (Å²) >= 11 is 0. The Hall–Kier alpha value is -2.12. The van der Waals surface area contributed by atoms with Crippen LogP contribution in [-0.2, 0) is 18.1 Å². The van der Waals surface area contributed by atoms with Crippen molar-refractivity contribution in [2.45, 2.75) is 45.5 Å². The number of aromatic nitrogens is 1. The first-order valence-electron chi connectivity index (χ1n) is 8.17. The van der Waals surface area contributed by atoms with E-state index in [1.54, 1.807) is 12.1 Å². The maximum atomic E-state index is 11.3. The van der Waals surface area contributed by atoms with Crippen molar-refractivity contribution in [1.82, 2.24) is 4.57 Å². The largest absolute Gasteiger partial charge is 0.465 e. The van der Waals surface area contributed by atoms with E-state index >= 15 is 0 Å². The molecule has 0 atom stereocenters. The summed E-state index contributed by atoms with van der Waals surface area (Å²) in [6.07, 6.45) is -0.540. The molecule has 0 saturated heterocycles. The third-order valence-corrected chi connectivity index (χ3v) is 9.55. The Bertz CT molecular complexity index is 819. The number of hydrogen-bond donors (Lipinski definition) is 2.